The van der Waals surface area contributed by atoms with Gasteiger partial charge < -0.3 is 21.3 Å². The number of hydrogen-bond acceptors (Lipinski definition) is 6. The summed E-state index contributed by atoms with van der Waals surface area (Å²) in [6.45, 7) is 7.16. The van der Waals surface area contributed by atoms with Crippen molar-refractivity contribution in [3.05, 3.63) is 64.9 Å². The smallest absolute Gasteiger partial charge is 0.238 e. The Morgan fingerprint density at radius 1 is 1.00 bits per heavy atom. The summed E-state index contributed by atoms with van der Waals surface area (Å²) >= 11 is 6.08. The molecule has 2 aromatic carbocycles. The van der Waals surface area contributed by atoms with Crippen LogP contribution in [-0.2, 0) is 11.2 Å². The molecule has 0 atom stereocenters. The predicted molar refractivity (Wildman–Crippen MR) is 126 cm³/mol. The number of pyridine rings is 2. The lowest BCUT2D eigenvalue weighted by molar-refractivity contribution is 0.0801. The summed E-state index contributed by atoms with van der Waals surface area (Å²) in [7, 11) is 0. The van der Waals surface area contributed by atoms with Gasteiger partial charge in [-0.1, -0.05) is 29.8 Å². The van der Waals surface area contributed by atoms with Gasteiger partial charge in [-0.2, -0.15) is 0 Å². The van der Waals surface area contributed by atoms with E-state index >= 15 is 0 Å². The molecule has 6 nitrogen and oxygen atoms in total. The van der Waals surface area contributed by atoms with Crippen molar-refractivity contribution < 1.29 is 9.84 Å². The van der Waals surface area contributed by atoms with Crippen molar-refractivity contribution in [2.24, 2.45) is 0 Å². The normalized spacial score (nSPS) is 12.5. The molecule has 0 spiro atoms. The molecule has 2 aromatic heterocycles. The largest absolute Gasteiger partial charge is 0.464 e. The number of nitrogen functional groups attached to an aromatic ring is 2. The molecule has 0 saturated carbocycles. The number of nitrogens with zero attached hydrogens (tertiary/aromatic N) is 2. The van der Waals surface area contributed by atoms with Gasteiger partial charge in [-0.05, 0) is 57.5 Å². The summed E-state index contributed by atoms with van der Waals surface area (Å²) in [4.78, 5) is 9.14. The molecule has 160 valence electrons. The van der Waals surface area contributed by atoms with Crippen molar-refractivity contribution in [2.45, 2.75) is 38.9 Å². The Labute approximate surface area is 185 Å². The lowest BCUT2D eigenvalue weighted by Crippen LogP contribution is -2.29. The van der Waals surface area contributed by atoms with E-state index in [0.717, 1.165) is 16.3 Å². The third-order valence-electron chi connectivity index (χ3n) is 5.30. The van der Waals surface area contributed by atoms with Crippen molar-refractivity contribution in [1.82, 2.24) is 9.97 Å². The van der Waals surface area contributed by atoms with Gasteiger partial charge in [-0.3, -0.25) is 0 Å². The Morgan fingerprint density at radius 2 is 1.74 bits per heavy atom. The molecule has 2 heterocycles. The number of halogens is 1. The zero-order valence-corrected chi connectivity index (χ0v) is 18.7. The fraction of sp³-hybridized carbons (Fsp3) is 0.250. The molecule has 0 amide bonds. The first-order chi connectivity index (χ1) is 14.5. The van der Waals surface area contributed by atoms with Gasteiger partial charge in [0.05, 0.1) is 16.8 Å². The van der Waals surface area contributed by atoms with Crippen LogP contribution in [0.25, 0.3) is 21.7 Å². The summed E-state index contributed by atoms with van der Waals surface area (Å²) in [5.74, 6) is 0.256. The van der Waals surface area contributed by atoms with Crippen molar-refractivity contribution in [2.75, 3.05) is 11.5 Å². The molecule has 4 rings (SSSR count). The van der Waals surface area contributed by atoms with Crippen molar-refractivity contribution in [1.29, 1.82) is 0 Å². The zero-order chi connectivity index (χ0) is 22.6. The molecule has 0 aliphatic carbocycles. The first-order valence-electron chi connectivity index (χ1n) is 9.93. The standard InChI is InChI=1S/C24H25ClN4O2/c1-23(2,30)16-7-5-6-13-12-28-22(20(27)19(13)16)31-24(3,4)21-17(26)11-14-10-15(25)8-9-18(14)29-21/h5-12,30H,26-27H2,1-4H3. The third kappa shape index (κ3) is 3.84. The number of fused-ring (bicyclic) bond motifs is 2. The van der Waals surface area contributed by atoms with Crippen LogP contribution in [0.15, 0.2) is 48.7 Å². The predicted octanol–water partition coefficient (Wildman–Crippen LogP) is 5.14. The van der Waals surface area contributed by atoms with Crippen LogP contribution in [0.2, 0.25) is 5.02 Å². The number of anilines is 2. The van der Waals surface area contributed by atoms with Gasteiger partial charge in [0.15, 0.2) is 0 Å². The van der Waals surface area contributed by atoms with Gasteiger partial charge in [0.25, 0.3) is 0 Å². The molecule has 0 aliphatic heterocycles. The summed E-state index contributed by atoms with van der Waals surface area (Å²) in [6, 6.07) is 12.9. The highest BCUT2D eigenvalue weighted by Crippen LogP contribution is 2.39. The molecule has 0 aliphatic rings. The maximum Gasteiger partial charge on any atom is 0.238 e. The molecule has 0 radical (unpaired) electrons. The second kappa shape index (κ2) is 7.25. The number of hydrogen-bond donors (Lipinski definition) is 3. The number of aromatic nitrogens is 2. The van der Waals surface area contributed by atoms with Crippen LogP contribution in [0.3, 0.4) is 0 Å². The fourth-order valence-electron chi connectivity index (χ4n) is 3.81. The summed E-state index contributed by atoms with van der Waals surface area (Å²) in [5, 5.41) is 13.6. The van der Waals surface area contributed by atoms with Crippen molar-refractivity contribution in [3.63, 3.8) is 0 Å². The van der Waals surface area contributed by atoms with E-state index in [1.165, 1.54) is 0 Å². The van der Waals surface area contributed by atoms with E-state index in [1.54, 1.807) is 26.1 Å². The first-order valence-corrected chi connectivity index (χ1v) is 10.3. The van der Waals surface area contributed by atoms with Gasteiger partial charge in [0.2, 0.25) is 5.88 Å². The van der Waals surface area contributed by atoms with E-state index in [0.29, 0.717) is 33.0 Å². The highest BCUT2D eigenvalue weighted by atomic mass is 35.5. The van der Waals surface area contributed by atoms with Crippen LogP contribution in [0.5, 0.6) is 5.88 Å². The first kappa shape index (κ1) is 21.2. The molecule has 0 bridgehead atoms. The van der Waals surface area contributed by atoms with Crippen molar-refractivity contribution >= 4 is 44.7 Å². The fourth-order valence-corrected chi connectivity index (χ4v) is 3.99. The Kier molecular flexibility index (Phi) is 4.95. The minimum absolute atomic E-state index is 0.256. The zero-order valence-electron chi connectivity index (χ0n) is 17.9. The molecule has 7 heteroatoms. The molecule has 31 heavy (non-hydrogen) atoms. The van der Waals surface area contributed by atoms with Gasteiger partial charge >= 0.3 is 0 Å². The molecule has 0 unspecified atom stereocenters. The summed E-state index contributed by atoms with van der Waals surface area (Å²) in [5.41, 5.74) is 13.7. The van der Waals surface area contributed by atoms with E-state index in [1.807, 2.05) is 50.2 Å². The highest BCUT2D eigenvalue weighted by molar-refractivity contribution is 6.31. The Bertz CT molecular complexity index is 1310. The molecular formula is C24H25ClN4O2. The van der Waals surface area contributed by atoms with Crippen LogP contribution in [0, 0.1) is 0 Å². The average molecular weight is 437 g/mol. The van der Waals surface area contributed by atoms with Crippen LogP contribution >= 0.6 is 11.6 Å². The van der Waals surface area contributed by atoms with E-state index in [9.17, 15) is 5.11 Å². The molecule has 0 saturated heterocycles. The summed E-state index contributed by atoms with van der Waals surface area (Å²) in [6.07, 6.45) is 1.69. The monoisotopic (exact) mass is 436 g/mol. The van der Waals surface area contributed by atoms with E-state index in [4.69, 9.17) is 32.8 Å². The quantitative estimate of drug-likeness (QED) is 0.408. The van der Waals surface area contributed by atoms with Crippen LogP contribution in [0.4, 0.5) is 11.4 Å². The Hall–Kier alpha value is -3.09. The van der Waals surface area contributed by atoms with Crippen LogP contribution < -0.4 is 16.2 Å². The molecule has 5 N–H and O–H groups in total. The number of aliphatic hydroxyl groups is 1. The maximum absolute atomic E-state index is 10.6. The Morgan fingerprint density at radius 3 is 2.45 bits per heavy atom. The average Bonchev–Trinajstić information content (AvgIpc) is 2.68. The second-order valence-electron chi connectivity index (χ2n) is 8.68. The lowest BCUT2D eigenvalue weighted by atomic mass is 9.92. The number of rotatable bonds is 4. The Balaban J connectivity index is 1.81. The SMILES string of the molecule is CC(C)(O)c1cccc2cnc(OC(C)(C)c3nc4ccc(Cl)cc4cc3N)c(N)c12. The van der Waals surface area contributed by atoms with Crippen molar-refractivity contribution in [3.8, 4) is 5.88 Å². The minimum Gasteiger partial charge on any atom is -0.464 e. The third-order valence-corrected chi connectivity index (χ3v) is 5.54. The number of nitrogens with two attached hydrogens (primary N) is 2. The molecule has 4 aromatic rings. The summed E-state index contributed by atoms with van der Waals surface area (Å²) < 4.78 is 6.26. The second-order valence-corrected chi connectivity index (χ2v) is 9.12. The van der Waals surface area contributed by atoms with E-state index in [-0.39, 0.29) is 5.88 Å². The maximum atomic E-state index is 10.6. The van der Waals surface area contributed by atoms with Gasteiger partial charge in [-0.25, -0.2) is 9.97 Å². The minimum atomic E-state index is -1.08. The number of ether oxygens (including phenoxy) is 1. The molecular weight excluding hydrogens is 412 g/mol. The number of benzene rings is 2. The van der Waals surface area contributed by atoms with Gasteiger partial charge in [-0.15, -0.1) is 0 Å². The van der Waals surface area contributed by atoms with Crippen LogP contribution in [-0.4, -0.2) is 15.1 Å². The van der Waals surface area contributed by atoms with Crippen LogP contribution in [0.1, 0.15) is 39.0 Å². The molecule has 0 fully saturated rings. The highest BCUT2D eigenvalue weighted by Gasteiger charge is 2.30. The van der Waals surface area contributed by atoms with Gasteiger partial charge in [0, 0.05) is 27.4 Å². The van der Waals surface area contributed by atoms with Gasteiger partial charge in [0.1, 0.15) is 17.0 Å². The topological polar surface area (TPSA) is 107 Å². The lowest BCUT2D eigenvalue weighted by Gasteiger charge is -2.28. The van der Waals surface area contributed by atoms with E-state index in [2.05, 4.69) is 4.98 Å². The van der Waals surface area contributed by atoms with E-state index < -0.39 is 11.2 Å².